The van der Waals surface area contributed by atoms with Gasteiger partial charge in [0.05, 0.1) is 30.0 Å². The van der Waals surface area contributed by atoms with Gasteiger partial charge in [0.2, 0.25) is 20.0 Å². The van der Waals surface area contributed by atoms with Crippen LogP contribution in [0.4, 0.5) is 11.4 Å². The van der Waals surface area contributed by atoms with Crippen LogP contribution in [-0.4, -0.2) is 36.2 Å². The predicted octanol–water partition coefficient (Wildman–Crippen LogP) is 2.18. The third-order valence-electron chi connectivity index (χ3n) is 4.02. The fraction of sp³-hybridized carbons (Fsp3) is 0.294. The second-order valence-electron chi connectivity index (χ2n) is 5.98. The molecule has 1 fully saturated rings. The minimum atomic E-state index is -3.60. The Morgan fingerprint density at radius 2 is 1.88 bits per heavy atom. The van der Waals surface area contributed by atoms with Crippen molar-refractivity contribution in [2.24, 2.45) is 0 Å². The number of methoxy groups -OCH3 is 1. The maximum atomic E-state index is 12.4. The van der Waals surface area contributed by atoms with Crippen LogP contribution in [0, 0.1) is 0 Å². The summed E-state index contributed by atoms with van der Waals surface area (Å²) < 4.78 is 58.0. The highest BCUT2D eigenvalue weighted by Crippen LogP contribution is 2.35. The van der Waals surface area contributed by atoms with Crippen molar-refractivity contribution in [1.29, 1.82) is 0 Å². The van der Waals surface area contributed by atoms with Crippen molar-refractivity contribution in [3.8, 4) is 5.75 Å². The van der Waals surface area contributed by atoms with Crippen LogP contribution in [0.3, 0.4) is 0 Å². The van der Waals surface area contributed by atoms with Crippen LogP contribution < -0.4 is 13.8 Å². The molecule has 140 valence electrons. The Bertz CT molecular complexity index is 989. The molecule has 1 N–H and O–H groups in total. The first kappa shape index (κ1) is 18.5. The first-order chi connectivity index (χ1) is 12.3. The van der Waals surface area contributed by atoms with E-state index in [4.69, 9.17) is 4.74 Å². The van der Waals surface area contributed by atoms with Crippen LogP contribution in [0.5, 0.6) is 5.75 Å². The summed E-state index contributed by atoms with van der Waals surface area (Å²) in [4.78, 5) is 0. The number of sulfonamides is 2. The van der Waals surface area contributed by atoms with Gasteiger partial charge < -0.3 is 4.74 Å². The van der Waals surface area contributed by atoms with Crippen molar-refractivity contribution in [2.45, 2.75) is 12.2 Å². The van der Waals surface area contributed by atoms with Crippen molar-refractivity contribution in [3.63, 3.8) is 0 Å². The van der Waals surface area contributed by atoms with Gasteiger partial charge in [-0.15, -0.1) is 0 Å². The summed E-state index contributed by atoms with van der Waals surface area (Å²) in [7, 11) is -5.53. The normalized spacial score (nSPS) is 16.4. The van der Waals surface area contributed by atoms with E-state index in [0.29, 0.717) is 35.7 Å². The monoisotopic (exact) mass is 396 g/mol. The summed E-state index contributed by atoms with van der Waals surface area (Å²) in [5.41, 5.74) is 1.40. The molecule has 2 aromatic carbocycles. The van der Waals surface area contributed by atoms with Crippen LogP contribution in [0.2, 0.25) is 0 Å². The van der Waals surface area contributed by atoms with Crippen LogP contribution in [0.1, 0.15) is 12.0 Å². The number of hydrogen-bond donors (Lipinski definition) is 1. The van der Waals surface area contributed by atoms with Gasteiger partial charge in [-0.3, -0.25) is 9.03 Å². The van der Waals surface area contributed by atoms with E-state index in [-0.39, 0.29) is 11.5 Å². The SMILES string of the molecule is COc1cc(NS(=O)(=O)Cc2ccccc2)ccc1N1CCCS1(=O)=O. The molecule has 1 heterocycles. The van der Waals surface area contributed by atoms with Crippen molar-refractivity contribution < 1.29 is 21.6 Å². The van der Waals surface area contributed by atoms with Crippen molar-refractivity contribution in [3.05, 3.63) is 54.1 Å². The van der Waals surface area contributed by atoms with Gasteiger partial charge in [0.1, 0.15) is 5.75 Å². The number of nitrogens with one attached hydrogen (secondary N) is 1. The average molecular weight is 396 g/mol. The van der Waals surface area contributed by atoms with E-state index < -0.39 is 20.0 Å². The lowest BCUT2D eigenvalue weighted by Gasteiger charge is -2.20. The number of benzene rings is 2. The Morgan fingerprint density at radius 1 is 1.15 bits per heavy atom. The van der Waals surface area contributed by atoms with Crippen LogP contribution in [0.25, 0.3) is 0 Å². The summed E-state index contributed by atoms with van der Waals surface area (Å²) >= 11 is 0. The minimum Gasteiger partial charge on any atom is -0.494 e. The quantitative estimate of drug-likeness (QED) is 0.808. The molecule has 0 aliphatic carbocycles. The largest absolute Gasteiger partial charge is 0.494 e. The number of nitrogens with zero attached hydrogens (tertiary/aromatic N) is 1. The molecule has 0 atom stereocenters. The predicted molar refractivity (Wildman–Crippen MR) is 101 cm³/mol. The number of anilines is 2. The lowest BCUT2D eigenvalue weighted by atomic mass is 10.2. The van der Waals surface area contributed by atoms with Gasteiger partial charge in [-0.2, -0.15) is 0 Å². The van der Waals surface area contributed by atoms with E-state index in [9.17, 15) is 16.8 Å². The van der Waals surface area contributed by atoms with Crippen LogP contribution in [-0.2, 0) is 25.8 Å². The number of ether oxygens (including phenoxy) is 1. The maximum absolute atomic E-state index is 12.4. The summed E-state index contributed by atoms with van der Waals surface area (Å²) in [6.45, 7) is 0.387. The van der Waals surface area contributed by atoms with Gasteiger partial charge in [-0.1, -0.05) is 30.3 Å². The molecule has 26 heavy (non-hydrogen) atoms. The first-order valence-electron chi connectivity index (χ1n) is 8.04. The third-order valence-corrected chi connectivity index (χ3v) is 7.14. The number of hydrogen-bond acceptors (Lipinski definition) is 5. The number of rotatable bonds is 6. The molecule has 1 saturated heterocycles. The molecule has 2 aromatic rings. The van der Waals surface area contributed by atoms with Crippen molar-refractivity contribution in [2.75, 3.05) is 28.4 Å². The van der Waals surface area contributed by atoms with Crippen molar-refractivity contribution >= 4 is 31.4 Å². The van der Waals surface area contributed by atoms with Crippen molar-refractivity contribution in [1.82, 2.24) is 0 Å². The average Bonchev–Trinajstić information content (AvgIpc) is 2.94. The van der Waals surface area contributed by atoms with Crippen LogP contribution >= 0.6 is 0 Å². The van der Waals surface area contributed by atoms with Gasteiger partial charge in [0.15, 0.2) is 0 Å². The summed E-state index contributed by atoms with van der Waals surface area (Å²) in [5, 5.41) is 0. The highest BCUT2D eigenvalue weighted by atomic mass is 32.2. The van der Waals surface area contributed by atoms with Gasteiger partial charge in [-0.05, 0) is 24.1 Å². The molecule has 3 rings (SSSR count). The molecule has 0 spiro atoms. The molecule has 0 radical (unpaired) electrons. The van der Waals surface area contributed by atoms with E-state index in [0.717, 1.165) is 0 Å². The Labute approximate surface area is 153 Å². The van der Waals surface area contributed by atoms with E-state index in [1.807, 2.05) is 6.07 Å². The molecule has 0 amide bonds. The highest BCUT2D eigenvalue weighted by Gasteiger charge is 2.30. The molecule has 7 nitrogen and oxygen atoms in total. The van der Waals surface area contributed by atoms with Gasteiger partial charge in [0.25, 0.3) is 0 Å². The second-order valence-corrected chi connectivity index (χ2v) is 9.71. The van der Waals surface area contributed by atoms with E-state index in [1.54, 1.807) is 30.3 Å². The Kier molecular flexibility index (Phi) is 5.10. The lowest BCUT2D eigenvalue weighted by molar-refractivity contribution is 0.416. The smallest absolute Gasteiger partial charge is 0.236 e. The third kappa shape index (κ3) is 4.10. The van der Waals surface area contributed by atoms with Gasteiger partial charge >= 0.3 is 0 Å². The Morgan fingerprint density at radius 3 is 2.50 bits per heavy atom. The molecule has 0 unspecified atom stereocenters. The van der Waals surface area contributed by atoms with E-state index in [1.165, 1.54) is 23.5 Å². The molecule has 9 heteroatoms. The summed E-state index contributed by atoms with van der Waals surface area (Å²) in [6, 6.07) is 13.4. The van der Waals surface area contributed by atoms with E-state index in [2.05, 4.69) is 4.72 Å². The van der Waals surface area contributed by atoms with Crippen LogP contribution in [0.15, 0.2) is 48.5 Å². The molecule has 1 aliphatic rings. The van der Waals surface area contributed by atoms with Gasteiger partial charge in [-0.25, -0.2) is 16.8 Å². The zero-order valence-electron chi connectivity index (χ0n) is 14.3. The molecular weight excluding hydrogens is 376 g/mol. The zero-order chi connectivity index (χ0) is 18.8. The molecule has 0 aromatic heterocycles. The molecular formula is C17H20N2O5S2. The summed E-state index contributed by atoms with van der Waals surface area (Å²) in [5.74, 6) is 0.246. The fourth-order valence-electron chi connectivity index (χ4n) is 2.87. The van der Waals surface area contributed by atoms with E-state index >= 15 is 0 Å². The molecule has 0 saturated carbocycles. The second kappa shape index (κ2) is 7.16. The highest BCUT2D eigenvalue weighted by molar-refractivity contribution is 7.93. The minimum absolute atomic E-state index is 0.0988. The molecule has 0 bridgehead atoms. The standard InChI is InChI=1S/C17H20N2O5S2/c1-24-17-12-15(8-9-16(17)19-10-5-11-26(19,22)23)18-25(20,21)13-14-6-3-2-4-7-14/h2-4,6-9,12,18H,5,10-11,13H2,1H3. The maximum Gasteiger partial charge on any atom is 0.236 e. The topological polar surface area (TPSA) is 92.8 Å². The first-order valence-corrected chi connectivity index (χ1v) is 11.3. The van der Waals surface area contributed by atoms with Gasteiger partial charge in [0, 0.05) is 12.6 Å². The Hall–Kier alpha value is -2.26. The summed E-state index contributed by atoms with van der Waals surface area (Å²) in [6.07, 6.45) is 0.553. The Balaban J connectivity index is 1.83. The lowest BCUT2D eigenvalue weighted by Crippen LogP contribution is -2.25. The molecule has 1 aliphatic heterocycles. The fourth-order valence-corrected chi connectivity index (χ4v) is 5.63. The zero-order valence-corrected chi connectivity index (χ0v) is 15.9.